The Hall–Kier alpha value is -2.55. The first-order valence-corrected chi connectivity index (χ1v) is 13.0. The zero-order valence-corrected chi connectivity index (χ0v) is 22.7. The van der Waals surface area contributed by atoms with E-state index in [9.17, 15) is 9.59 Å². The van der Waals surface area contributed by atoms with E-state index >= 15 is 0 Å². The number of thioether (sulfide) groups is 1. The summed E-state index contributed by atoms with van der Waals surface area (Å²) in [6, 6.07) is 10.3. The van der Waals surface area contributed by atoms with E-state index in [1.807, 2.05) is 57.4 Å². The van der Waals surface area contributed by atoms with Gasteiger partial charge < -0.3 is 15.2 Å². The van der Waals surface area contributed by atoms with Crippen LogP contribution in [0.1, 0.15) is 54.1 Å². The zero-order valence-electron chi connectivity index (χ0n) is 20.4. The van der Waals surface area contributed by atoms with Crippen molar-refractivity contribution in [3.8, 4) is 0 Å². The predicted molar refractivity (Wildman–Crippen MR) is 142 cm³/mol. The Bertz CT molecular complexity index is 1230. The lowest BCUT2D eigenvalue weighted by molar-refractivity contribution is -0.113. The summed E-state index contributed by atoms with van der Waals surface area (Å²) in [6.07, 6.45) is 0. The minimum atomic E-state index is -0.403. The third-order valence-electron chi connectivity index (χ3n) is 5.46. The lowest BCUT2D eigenvalue weighted by Gasteiger charge is -2.22. The summed E-state index contributed by atoms with van der Waals surface area (Å²) >= 11 is 13.5. The number of hydrogen-bond donors (Lipinski definition) is 2. The molecule has 7 nitrogen and oxygen atoms in total. The SMILES string of the molecule is CCn1c(SCC(=O)Nc2ccc(C)cc2C)nnc1[C@H](NC(=O)c1ccc(Cl)cc1Cl)C(C)C. The number of aryl methyl sites for hydroxylation is 2. The van der Waals surface area contributed by atoms with Gasteiger partial charge in [-0.1, -0.05) is 66.5 Å². The highest BCUT2D eigenvalue weighted by Gasteiger charge is 2.27. The Morgan fingerprint density at radius 2 is 1.83 bits per heavy atom. The molecule has 0 radical (unpaired) electrons. The van der Waals surface area contributed by atoms with E-state index < -0.39 is 6.04 Å². The molecule has 10 heteroatoms. The van der Waals surface area contributed by atoms with Crippen LogP contribution in [-0.2, 0) is 11.3 Å². The largest absolute Gasteiger partial charge is 0.342 e. The van der Waals surface area contributed by atoms with E-state index in [0.29, 0.717) is 28.1 Å². The summed E-state index contributed by atoms with van der Waals surface area (Å²) < 4.78 is 1.92. The van der Waals surface area contributed by atoms with Gasteiger partial charge in [0, 0.05) is 17.3 Å². The molecule has 3 rings (SSSR count). The molecule has 0 spiro atoms. The Morgan fingerprint density at radius 1 is 1.09 bits per heavy atom. The molecule has 0 unspecified atom stereocenters. The molecule has 0 saturated heterocycles. The standard InChI is InChI=1S/C25H29Cl2N5O2S/c1-6-32-23(22(14(2)3)29-24(34)18-9-8-17(26)12-19(18)27)30-31-25(32)35-13-21(33)28-20-10-7-15(4)11-16(20)5/h7-12,14,22H,6,13H2,1-5H3,(H,28,33)(H,29,34)/t22-/m1/s1. The average Bonchev–Trinajstić information content (AvgIpc) is 3.20. The molecular formula is C25H29Cl2N5O2S. The predicted octanol–water partition coefficient (Wildman–Crippen LogP) is 6.08. The number of nitrogens with zero attached hydrogens (tertiary/aromatic N) is 3. The van der Waals surface area contributed by atoms with E-state index in [1.54, 1.807) is 12.1 Å². The molecule has 1 aromatic heterocycles. The highest BCUT2D eigenvalue weighted by atomic mass is 35.5. The average molecular weight is 535 g/mol. The summed E-state index contributed by atoms with van der Waals surface area (Å²) in [5.41, 5.74) is 3.28. The van der Waals surface area contributed by atoms with Crippen LogP contribution in [0.2, 0.25) is 10.0 Å². The first-order chi connectivity index (χ1) is 16.6. The monoisotopic (exact) mass is 533 g/mol. The number of benzene rings is 2. The van der Waals surface area contributed by atoms with Crippen LogP contribution in [0.5, 0.6) is 0 Å². The van der Waals surface area contributed by atoms with Crippen LogP contribution in [0, 0.1) is 19.8 Å². The number of anilines is 1. The van der Waals surface area contributed by atoms with Gasteiger partial charge in [-0.25, -0.2) is 0 Å². The van der Waals surface area contributed by atoms with E-state index in [1.165, 1.54) is 17.8 Å². The van der Waals surface area contributed by atoms with Gasteiger partial charge in [-0.2, -0.15) is 0 Å². The summed E-state index contributed by atoms with van der Waals surface area (Å²) in [6.45, 7) is 10.5. The molecular weight excluding hydrogens is 505 g/mol. The molecule has 186 valence electrons. The second-order valence-electron chi connectivity index (χ2n) is 8.56. The van der Waals surface area contributed by atoms with Crippen LogP contribution in [0.15, 0.2) is 41.6 Å². The molecule has 3 aromatic rings. The van der Waals surface area contributed by atoms with Crippen LogP contribution < -0.4 is 10.6 Å². The second kappa shape index (κ2) is 11.9. The number of carbonyl (C=O) groups excluding carboxylic acids is 2. The molecule has 2 aromatic carbocycles. The van der Waals surface area contributed by atoms with Gasteiger partial charge in [-0.3, -0.25) is 9.59 Å². The minimum Gasteiger partial charge on any atom is -0.342 e. The molecule has 0 aliphatic rings. The van der Waals surface area contributed by atoms with Crippen LogP contribution in [0.25, 0.3) is 0 Å². The van der Waals surface area contributed by atoms with Crippen molar-refractivity contribution in [2.75, 3.05) is 11.1 Å². The normalized spacial score (nSPS) is 12.0. The van der Waals surface area contributed by atoms with Crippen molar-refractivity contribution < 1.29 is 9.59 Å². The topological polar surface area (TPSA) is 88.9 Å². The number of aromatic nitrogens is 3. The van der Waals surface area contributed by atoms with Gasteiger partial charge in [0.2, 0.25) is 5.91 Å². The Balaban J connectivity index is 1.73. The fourth-order valence-electron chi connectivity index (χ4n) is 3.63. The number of carbonyl (C=O) groups is 2. The fourth-order valence-corrected chi connectivity index (χ4v) is 4.93. The first-order valence-electron chi connectivity index (χ1n) is 11.3. The second-order valence-corrected chi connectivity index (χ2v) is 10.3. The van der Waals surface area contributed by atoms with Gasteiger partial charge >= 0.3 is 0 Å². The lowest BCUT2D eigenvalue weighted by Crippen LogP contribution is -2.34. The fraction of sp³-hybridized carbons (Fsp3) is 0.360. The van der Waals surface area contributed by atoms with Crippen LogP contribution >= 0.6 is 35.0 Å². The van der Waals surface area contributed by atoms with Crippen molar-refractivity contribution in [2.24, 2.45) is 5.92 Å². The molecule has 1 atom stereocenters. The van der Waals surface area contributed by atoms with Crippen molar-refractivity contribution in [1.82, 2.24) is 20.1 Å². The zero-order chi connectivity index (χ0) is 25.7. The van der Waals surface area contributed by atoms with Gasteiger partial charge in [-0.15, -0.1) is 10.2 Å². The van der Waals surface area contributed by atoms with Crippen molar-refractivity contribution in [3.05, 3.63) is 69.0 Å². The van der Waals surface area contributed by atoms with E-state index in [-0.39, 0.29) is 28.5 Å². The van der Waals surface area contributed by atoms with Crippen molar-refractivity contribution in [3.63, 3.8) is 0 Å². The van der Waals surface area contributed by atoms with Gasteiger partial charge in [0.05, 0.1) is 22.4 Å². The van der Waals surface area contributed by atoms with Crippen molar-refractivity contribution >= 4 is 52.5 Å². The lowest BCUT2D eigenvalue weighted by atomic mass is 10.0. The van der Waals surface area contributed by atoms with Crippen LogP contribution in [0.4, 0.5) is 5.69 Å². The molecule has 0 fully saturated rings. The highest BCUT2D eigenvalue weighted by molar-refractivity contribution is 7.99. The molecule has 0 aliphatic carbocycles. The summed E-state index contributed by atoms with van der Waals surface area (Å²) in [5.74, 6) is 0.395. The molecule has 0 aliphatic heterocycles. The molecule has 0 saturated carbocycles. The maximum Gasteiger partial charge on any atom is 0.253 e. The van der Waals surface area contributed by atoms with Gasteiger partial charge in [0.25, 0.3) is 5.91 Å². The summed E-state index contributed by atoms with van der Waals surface area (Å²) in [5, 5.41) is 16.0. The number of halogens is 2. The maximum atomic E-state index is 13.0. The molecule has 0 bridgehead atoms. The van der Waals surface area contributed by atoms with Gasteiger partial charge in [0.15, 0.2) is 11.0 Å². The maximum absolute atomic E-state index is 13.0. The van der Waals surface area contributed by atoms with Crippen LogP contribution in [0.3, 0.4) is 0 Å². The summed E-state index contributed by atoms with van der Waals surface area (Å²) in [4.78, 5) is 25.5. The number of nitrogens with one attached hydrogen (secondary N) is 2. The number of rotatable bonds is 9. The quantitative estimate of drug-likeness (QED) is 0.325. The Kier molecular flexibility index (Phi) is 9.21. The first kappa shape index (κ1) is 27.0. The van der Waals surface area contributed by atoms with Crippen LogP contribution in [-0.4, -0.2) is 32.3 Å². The molecule has 2 amide bonds. The Morgan fingerprint density at radius 3 is 2.46 bits per heavy atom. The van der Waals surface area contributed by atoms with Crippen molar-refractivity contribution in [2.45, 2.75) is 52.4 Å². The molecule has 1 heterocycles. The van der Waals surface area contributed by atoms with Gasteiger partial charge in [-0.05, 0) is 56.5 Å². The van der Waals surface area contributed by atoms with E-state index in [0.717, 1.165) is 16.8 Å². The third-order valence-corrected chi connectivity index (χ3v) is 6.97. The highest BCUT2D eigenvalue weighted by Crippen LogP contribution is 2.27. The third kappa shape index (κ3) is 6.78. The smallest absolute Gasteiger partial charge is 0.253 e. The van der Waals surface area contributed by atoms with E-state index in [2.05, 4.69) is 20.8 Å². The molecule has 2 N–H and O–H groups in total. The van der Waals surface area contributed by atoms with E-state index in [4.69, 9.17) is 23.2 Å². The number of amides is 2. The number of hydrogen-bond acceptors (Lipinski definition) is 5. The summed E-state index contributed by atoms with van der Waals surface area (Å²) in [7, 11) is 0. The van der Waals surface area contributed by atoms with Crippen molar-refractivity contribution in [1.29, 1.82) is 0 Å². The molecule has 35 heavy (non-hydrogen) atoms. The van der Waals surface area contributed by atoms with Gasteiger partial charge in [0.1, 0.15) is 0 Å². The minimum absolute atomic E-state index is 0.0326. The Labute approximate surface area is 220 Å².